The topological polar surface area (TPSA) is 53.0 Å². The average Bonchev–Trinajstić information content (AvgIpc) is 2.18. The van der Waals surface area contributed by atoms with E-state index in [2.05, 4.69) is 4.90 Å². The summed E-state index contributed by atoms with van der Waals surface area (Å²) in [5, 5.41) is 9.53. The highest BCUT2D eigenvalue weighted by molar-refractivity contribution is 5.73. The van der Waals surface area contributed by atoms with Crippen LogP contribution in [0.3, 0.4) is 0 Å². The minimum Gasteiger partial charge on any atom is -0.389 e. The largest absolute Gasteiger partial charge is 0.389 e. The molecule has 0 aliphatic carbocycles. The summed E-state index contributed by atoms with van der Waals surface area (Å²) in [5.74, 6) is 0.132. The van der Waals surface area contributed by atoms with Gasteiger partial charge in [-0.15, -0.1) is 0 Å². The summed E-state index contributed by atoms with van der Waals surface area (Å²) in [4.78, 5) is 15.1. The predicted octanol–water partition coefficient (Wildman–Crippen LogP) is -0.842. The SMILES string of the molecule is COCC(O)CN1CCN(C(C)=O)CC1. The first kappa shape index (κ1) is 12.4. The molecule has 0 aromatic rings. The quantitative estimate of drug-likeness (QED) is 0.665. The summed E-state index contributed by atoms with van der Waals surface area (Å²) in [5.41, 5.74) is 0. The number of hydrogen-bond donors (Lipinski definition) is 1. The van der Waals surface area contributed by atoms with Crippen molar-refractivity contribution in [2.75, 3.05) is 46.4 Å². The van der Waals surface area contributed by atoms with Crippen LogP contribution >= 0.6 is 0 Å². The monoisotopic (exact) mass is 216 g/mol. The molecule has 0 aromatic heterocycles. The molecule has 5 nitrogen and oxygen atoms in total. The van der Waals surface area contributed by atoms with Crippen LogP contribution in [0.5, 0.6) is 0 Å². The van der Waals surface area contributed by atoms with E-state index >= 15 is 0 Å². The maximum atomic E-state index is 11.1. The summed E-state index contributed by atoms with van der Waals surface area (Å²) in [6.45, 7) is 5.77. The van der Waals surface area contributed by atoms with E-state index in [0.717, 1.165) is 26.2 Å². The van der Waals surface area contributed by atoms with Gasteiger partial charge in [-0.2, -0.15) is 0 Å². The molecule has 0 aromatic carbocycles. The molecule has 0 bridgehead atoms. The van der Waals surface area contributed by atoms with Crippen LogP contribution in [0.25, 0.3) is 0 Å². The first-order chi connectivity index (χ1) is 7.13. The molecule has 1 unspecified atom stereocenters. The van der Waals surface area contributed by atoms with E-state index in [0.29, 0.717) is 13.2 Å². The molecule has 0 saturated carbocycles. The first-order valence-electron chi connectivity index (χ1n) is 5.28. The van der Waals surface area contributed by atoms with Gasteiger partial charge in [-0.25, -0.2) is 0 Å². The number of methoxy groups -OCH3 is 1. The van der Waals surface area contributed by atoms with E-state index in [4.69, 9.17) is 4.74 Å². The molecule has 88 valence electrons. The molecule has 1 heterocycles. The normalized spacial score (nSPS) is 20.3. The van der Waals surface area contributed by atoms with Gasteiger partial charge >= 0.3 is 0 Å². The molecule has 1 saturated heterocycles. The Bertz CT molecular complexity index is 203. The van der Waals surface area contributed by atoms with E-state index in [-0.39, 0.29) is 5.91 Å². The van der Waals surface area contributed by atoms with Crippen molar-refractivity contribution in [1.82, 2.24) is 9.80 Å². The van der Waals surface area contributed by atoms with Crippen LogP contribution in [-0.2, 0) is 9.53 Å². The lowest BCUT2D eigenvalue weighted by Crippen LogP contribution is -2.50. The minimum atomic E-state index is -0.432. The average molecular weight is 216 g/mol. The summed E-state index contributed by atoms with van der Waals surface area (Å²) in [6.07, 6.45) is -0.432. The molecule has 1 fully saturated rings. The molecular formula is C10H20N2O3. The van der Waals surface area contributed by atoms with Crippen LogP contribution in [-0.4, -0.2) is 73.4 Å². The highest BCUT2D eigenvalue weighted by Gasteiger charge is 2.20. The fourth-order valence-corrected chi connectivity index (χ4v) is 1.79. The zero-order chi connectivity index (χ0) is 11.3. The van der Waals surface area contributed by atoms with Crippen molar-refractivity contribution >= 4 is 5.91 Å². The number of ether oxygens (including phenoxy) is 1. The van der Waals surface area contributed by atoms with E-state index in [1.54, 1.807) is 14.0 Å². The number of carbonyl (C=O) groups excluding carboxylic acids is 1. The number of rotatable bonds is 4. The molecule has 0 spiro atoms. The van der Waals surface area contributed by atoms with Crippen LogP contribution < -0.4 is 0 Å². The lowest BCUT2D eigenvalue weighted by atomic mass is 10.2. The summed E-state index contributed by atoms with van der Waals surface area (Å²) < 4.78 is 4.86. The number of carbonyl (C=O) groups is 1. The highest BCUT2D eigenvalue weighted by atomic mass is 16.5. The van der Waals surface area contributed by atoms with Gasteiger partial charge in [0.05, 0.1) is 12.7 Å². The first-order valence-corrected chi connectivity index (χ1v) is 5.28. The fraction of sp³-hybridized carbons (Fsp3) is 0.900. The molecule has 1 aliphatic rings. The number of hydrogen-bond acceptors (Lipinski definition) is 4. The molecule has 15 heavy (non-hydrogen) atoms. The van der Waals surface area contributed by atoms with Gasteiger partial charge in [-0.1, -0.05) is 0 Å². The lowest BCUT2D eigenvalue weighted by Gasteiger charge is -2.35. The van der Waals surface area contributed by atoms with Crippen molar-refractivity contribution in [2.45, 2.75) is 13.0 Å². The molecule has 5 heteroatoms. The minimum absolute atomic E-state index is 0.132. The predicted molar refractivity (Wildman–Crippen MR) is 56.6 cm³/mol. The maximum absolute atomic E-state index is 11.1. The molecule has 1 atom stereocenters. The number of piperazine rings is 1. The highest BCUT2D eigenvalue weighted by Crippen LogP contribution is 2.03. The second-order valence-electron chi connectivity index (χ2n) is 3.92. The van der Waals surface area contributed by atoms with Crippen molar-refractivity contribution in [2.24, 2.45) is 0 Å². The molecule has 0 radical (unpaired) electrons. The van der Waals surface area contributed by atoms with E-state index < -0.39 is 6.10 Å². The third-order valence-corrected chi connectivity index (χ3v) is 2.65. The van der Waals surface area contributed by atoms with Gasteiger partial charge in [0.2, 0.25) is 5.91 Å². The Morgan fingerprint density at radius 2 is 2.00 bits per heavy atom. The van der Waals surface area contributed by atoms with Crippen LogP contribution in [0, 0.1) is 0 Å². The molecular weight excluding hydrogens is 196 g/mol. The Kier molecular flexibility index (Phi) is 5.01. The zero-order valence-corrected chi connectivity index (χ0v) is 9.48. The number of amides is 1. The van der Waals surface area contributed by atoms with Gasteiger partial charge in [0, 0.05) is 46.8 Å². The number of aliphatic hydroxyl groups excluding tert-OH is 1. The van der Waals surface area contributed by atoms with Gasteiger partial charge in [0.25, 0.3) is 0 Å². The number of nitrogens with zero attached hydrogens (tertiary/aromatic N) is 2. The van der Waals surface area contributed by atoms with Crippen LogP contribution in [0.1, 0.15) is 6.92 Å². The zero-order valence-electron chi connectivity index (χ0n) is 9.48. The lowest BCUT2D eigenvalue weighted by molar-refractivity contribution is -0.130. The second kappa shape index (κ2) is 6.05. The third-order valence-electron chi connectivity index (χ3n) is 2.65. The Labute approximate surface area is 90.6 Å². The summed E-state index contributed by atoms with van der Waals surface area (Å²) in [6, 6.07) is 0. The third kappa shape index (κ3) is 4.15. The van der Waals surface area contributed by atoms with Gasteiger partial charge in [-0.05, 0) is 0 Å². The van der Waals surface area contributed by atoms with Crippen molar-refractivity contribution in [1.29, 1.82) is 0 Å². The summed E-state index contributed by atoms with van der Waals surface area (Å²) >= 11 is 0. The molecule has 1 aliphatic heterocycles. The van der Waals surface area contributed by atoms with Crippen LogP contribution in [0.15, 0.2) is 0 Å². The van der Waals surface area contributed by atoms with E-state index in [1.165, 1.54) is 0 Å². The van der Waals surface area contributed by atoms with Crippen molar-refractivity contribution in [3.63, 3.8) is 0 Å². The Morgan fingerprint density at radius 1 is 1.40 bits per heavy atom. The summed E-state index contributed by atoms with van der Waals surface area (Å²) in [7, 11) is 1.58. The standard InChI is InChI=1S/C10H20N2O3/c1-9(13)12-5-3-11(4-6-12)7-10(14)8-15-2/h10,14H,3-8H2,1-2H3. The number of β-amino-alcohol motifs (C(OH)–C–C–N with tert-alkyl or cyclic N) is 1. The molecule has 1 amide bonds. The smallest absolute Gasteiger partial charge is 0.219 e. The Morgan fingerprint density at radius 3 is 2.47 bits per heavy atom. The van der Waals surface area contributed by atoms with Crippen molar-refractivity contribution < 1.29 is 14.6 Å². The maximum Gasteiger partial charge on any atom is 0.219 e. The van der Waals surface area contributed by atoms with Gasteiger partial charge < -0.3 is 14.7 Å². The number of aliphatic hydroxyl groups is 1. The van der Waals surface area contributed by atoms with Gasteiger partial charge in [0.1, 0.15) is 0 Å². The molecule has 1 N–H and O–H groups in total. The van der Waals surface area contributed by atoms with Crippen molar-refractivity contribution in [3.8, 4) is 0 Å². The van der Waals surface area contributed by atoms with Gasteiger partial charge in [0.15, 0.2) is 0 Å². The molecule has 1 rings (SSSR count). The van der Waals surface area contributed by atoms with Gasteiger partial charge in [-0.3, -0.25) is 9.69 Å². The van der Waals surface area contributed by atoms with E-state index in [1.807, 2.05) is 4.90 Å². The van der Waals surface area contributed by atoms with Crippen LogP contribution in [0.2, 0.25) is 0 Å². The van der Waals surface area contributed by atoms with Crippen molar-refractivity contribution in [3.05, 3.63) is 0 Å². The fourth-order valence-electron chi connectivity index (χ4n) is 1.79. The second-order valence-corrected chi connectivity index (χ2v) is 3.92. The van der Waals surface area contributed by atoms with Crippen LogP contribution in [0.4, 0.5) is 0 Å². The Balaban J connectivity index is 2.22. The van der Waals surface area contributed by atoms with E-state index in [9.17, 15) is 9.90 Å². The Hall–Kier alpha value is -0.650.